The van der Waals surface area contributed by atoms with Crippen molar-refractivity contribution in [3.05, 3.63) is 95.6 Å². The van der Waals surface area contributed by atoms with Gasteiger partial charge in [0.2, 0.25) is 0 Å². The molecule has 0 fully saturated rings. The van der Waals surface area contributed by atoms with Gasteiger partial charge in [-0.1, -0.05) is 24.3 Å². The first-order chi connectivity index (χ1) is 14.0. The van der Waals surface area contributed by atoms with Gasteiger partial charge in [-0.3, -0.25) is 4.79 Å². The number of urea groups is 1. The molecule has 0 aliphatic carbocycles. The van der Waals surface area contributed by atoms with E-state index in [2.05, 4.69) is 16.0 Å². The lowest BCUT2D eigenvalue weighted by Crippen LogP contribution is -2.30. The highest BCUT2D eigenvalue weighted by molar-refractivity contribution is 6.05. The number of carbonyl (C=O) groups excluding carboxylic acids is 2. The van der Waals surface area contributed by atoms with Crippen LogP contribution in [0.4, 0.5) is 25.0 Å². The average molecular weight is 395 g/mol. The van der Waals surface area contributed by atoms with E-state index in [9.17, 15) is 18.4 Å². The van der Waals surface area contributed by atoms with Crippen molar-refractivity contribution in [1.82, 2.24) is 5.32 Å². The Balaban J connectivity index is 1.52. The Morgan fingerprint density at radius 1 is 0.759 bits per heavy atom. The third-order valence-corrected chi connectivity index (χ3v) is 4.08. The van der Waals surface area contributed by atoms with E-state index in [0.717, 1.165) is 5.56 Å². The standard InChI is InChI=1S/C22H19F2N3O2/c23-17-9-7-15(8-10-17)11-12-25-22(29)27-19-5-1-3-16(13-19)21(28)26-20-6-2-4-18(24)14-20/h1-10,13-14H,11-12H2,(H,26,28)(H2,25,27,29). The third-order valence-electron chi connectivity index (χ3n) is 4.08. The monoisotopic (exact) mass is 395 g/mol. The number of rotatable bonds is 6. The number of halogens is 2. The van der Waals surface area contributed by atoms with Gasteiger partial charge >= 0.3 is 6.03 Å². The highest BCUT2D eigenvalue weighted by Gasteiger charge is 2.09. The number of hydrogen-bond acceptors (Lipinski definition) is 2. The van der Waals surface area contributed by atoms with Gasteiger partial charge in [0, 0.05) is 23.5 Å². The topological polar surface area (TPSA) is 70.2 Å². The molecule has 0 aliphatic rings. The molecule has 0 unspecified atom stereocenters. The van der Waals surface area contributed by atoms with Gasteiger partial charge in [-0.05, 0) is 60.5 Å². The van der Waals surface area contributed by atoms with Gasteiger partial charge in [0.15, 0.2) is 0 Å². The second kappa shape index (κ2) is 9.45. The van der Waals surface area contributed by atoms with Crippen LogP contribution < -0.4 is 16.0 Å². The van der Waals surface area contributed by atoms with Crippen molar-refractivity contribution in [2.45, 2.75) is 6.42 Å². The molecule has 3 aromatic carbocycles. The van der Waals surface area contributed by atoms with Crippen molar-refractivity contribution in [3.8, 4) is 0 Å². The molecule has 29 heavy (non-hydrogen) atoms. The first-order valence-electron chi connectivity index (χ1n) is 8.96. The van der Waals surface area contributed by atoms with Crippen molar-refractivity contribution in [2.75, 3.05) is 17.2 Å². The van der Waals surface area contributed by atoms with Crippen molar-refractivity contribution in [1.29, 1.82) is 0 Å². The summed E-state index contributed by atoms with van der Waals surface area (Å²) in [6.45, 7) is 0.372. The zero-order valence-corrected chi connectivity index (χ0v) is 15.4. The second-order valence-electron chi connectivity index (χ2n) is 6.30. The molecule has 0 atom stereocenters. The fraction of sp³-hybridized carbons (Fsp3) is 0.0909. The molecule has 3 N–H and O–H groups in total. The molecular formula is C22H19F2N3O2. The van der Waals surface area contributed by atoms with E-state index in [-0.39, 0.29) is 5.82 Å². The van der Waals surface area contributed by atoms with E-state index in [1.807, 2.05) is 0 Å². The summed E-state index contributed by atoms with van der Waals surface area (Å²) >= 11 is 0. The predicted molar refractivity (Wildman–Crippen MR) is 108 cm³/mol. The van der Waals surface area contributed by atoms with E-state index >= 15 is 0 Å². The summed E-state index contributed by atoms with van der Waals surface area (Å²) in [6, 6.07) is 17.6. The summed E-state index contributed by atoms with van der Waals surface area (Å²) in [7, 11) is 0. The van der Waals surface area contributed by atoms with Crippen molar-refractivity contribution in [2.24, 2.45) is 0 Å². The summed E-state index contributed by atoms with van der Waals surface area (Å²) in [5.74, 6) is -1.17. The van der Waals surface area contributed by atoms with Gasteiger partial charge in [-0.25, -0.2) is 13.6 Å². The highest BCUT2D eigenvalue weighted by Crippen LogP contribution is 2.14. The Morgan fingerprint density at radius 3 is 2.17 bits per heavy atom. The average Bonchev–Trinajstić information content (AvgIpc) is 2.70. The fourth-order valence-electron chi connectivity index (χ4n) is 2.65. The molecule has 0 saturated carbocycles. The van der Waals surface area contributed by atoms with Crippen LogP contribution in [0.15, 0.2) is 72.8 Å². The van der Waals surface area contributed by atoms with Gasteiger partial charge in [-0.2, -0.15) is 0 Å². The Morgan fingerprint density at radius 2 is 1.45 bits per heavy atom. The smallest absolute Gasteiger partial charge is 0.319 e. The molecule has 3 amide bonds. The van der Waals surface area contributed by atoms with Gasteiger partial charge in [0.1, 0.15) is 11.6 Å². The predicted octanol–water partition coefficient (Wildman–Crippen LogP) is 4.58. The summed E-state index contributed by atoms with van der Waals surface area (Å²) in [5.41, 5.74) is 2.00. The Labute approximate surface area is 166 Å². The zero-order chi connectivity index (χ0) is 20.6. The SMILES string of the molecule is O=C(NCCc1ccc(F)cc1)Nc1cccc(C(=O)Nc2cccc(F)c2)c1. The van der Waals surface area contributed by atoms with Crippen LogP contribution in [-0.2, 0) is 6.42 Å². The molecule has 0 aromatic heterocycles. The number of benzene rings is 3. The van der Waals surface area contributed by atoms with Crippen molar-refractivity contribution < 1.29 is 18.4 Å². The molecule has 3 aromatic rings. The number of hydrogen-bond donors (Lipinski definition) is 3. The minimum absolute atomic E-state index is 0.305. The van der Waals surface area contributed by atoms with Crippen LogP contribution in [0.2, 0.25) is 0 Å². The Bertz CT molecular complexity index is 1010. The number of amides is 3. The van der Waals surface area contributed by atoms with Crippen LogP contribution in [0.3, 0.4) is 0 Å². The van der Waals surface area contributed by atoms with E-state index in [0.29, 0.717) is 29.9 Å². The lowest BCUT2D eigenvalue weighted by Gasteiger charge is -2.10. The number of carbonyl (C=O) groups is 2. The van der Waals surface area contributed by atoms with Crippen LogP contribution in [0.25, 0.3) is 0 Å². The summed E-state index contributed by atoms with van der Waals surface area (Å²) in [5, 5.41) is 7.96. The van der Waals surface area contributed by atoms with Gasteiger partial charge in [0.05, 0.1) is 0 Å². The molecule has 7 heteroatoms. The van der Waals surface area contributed by atoms with E-state index in [4.69, 9.17) is 0 Å². The van der Waals surface area contributed by atoms with Crippen LogP contribution in [0, 0.1) is 11.6 Å². The van der Waals surface area contributed by atoms with Crippen LogP contribution in [-0.4, -0.2) is 18.5 Å². The molecule has 148 valence electrons. The largest absolute Gasteiger partial charge is 0.338 e. The van der Waals surface area contributed by atoms with Crippen molar-refractivity contribution >= 4 is 23.3 Å². The maximum absolute atomic E-state index is 13.2. The van der Waals surface area contributed by atoms with E-state index in [1.54, 1.807) is 36.4 Å². The molecule has 0 bridgehead atoms. The first kappa shape index (κ1) is 20.0. The summed E-state index contributed by atoms with van der Waals surface area (Å²) in [6.07, 6.45) is 0.559. The minimum Gasteiger partial charge on any atom is -0.338 e. The third kappa shape index (κ3) is 6.14. The number of anilines is 2. The Hall–Kier alpha value is -3.74. The van der Waals surface area contributed by atoms with Crippen LogP contribution in [0.1, 0.15) is 15.9 Å². The quantitative estimate of drug-likeness (QED) is 0.572. The molecule has 0 spiro atoms. The molecule has 0 radical (unpaired) electrons. The lowest BCUT2D eigenvalue weighted by molar-refractivity contribution is 0.102. The van der Waals surface area contributed by atoms with E-state index in [1.165, 1.54) is 36.4 Å². The first-order valence-corrected chi connectivity index (χ1v) is 8.96. The van der Waals surface area contributed by atoms with Gasteiger partial charge < -0.3 is 16.0 Å². The summed E-state index contributed by atoms with van der Waals surface area (Å²) < 4.78 is 26.1. The fourth-order valence-corrected chi connectivity index (χ4v) is 2.65. The summed E-state index contributed by atoms with van der Waals surface area (Å²) in [4.78, 5) is 24.4. The molecule has 0 heterocycles. The maximum Gasteiger partial charge on any atom is 0.319 e. The Kier molecular flexibility index (Phi) is 6.52. The maximum atomic E-state index is 13.2. The minimum atomic E-state index is -0.449. The van der Waals surface area contributed by atoms with Gasteiger partial charge in [-0.15, -0.1) is 0 Å². The molecule has 5 nitrogen and oxygen atoms in total. The van der Waals surface area contributed by atoms with Crippen LogP contribution >= 0.6 is 0 Å². The van der Waals surface area contributed by atoms with Crippen LogP contribution in [0.5, 0.6) is 0 Å². The van der Waals surface area contributed by atoms with E-state index < -0.39 is 17.8 Å². The lowest BCUT2D eigenvalue weighted by atomic mass is 10.1. The molecular weight excluding hydrogens is 376 g/mol. The number of nitrogens with one attached hydrogen (secondary N) is 3. The zero-order valence-electron chi connectivity index (χ0n) is 15.4. The molecule has 0 saturated heterocycles. The molecule has 3 rings (SSSR count). The molecule has 0 aliphatic heterocycles. The van der Waals surface area contributed by atoms with Gasteiger partial charge in [0.25, 0.3) is 5.91 Å². The second-order valence-corrected chi connectivity index (χ2v) is 6.30. The normalized spacial score (nSPS) is 10.3. The van der Waals surface area contributed by atoms with Crippen molar-refractivity contribution in [3.63, 3.8) is 0 Å². The highest BCUT2D eigenvalue weighted by atomic mass is 19.1.